The summed E-state index contributed by atoms with van der Waals surface area (Å²) in [7, 11) is -0.329. The molecule has 3 rings (SSSR count). The van der Waals surface area contributed by atoms with Crippen LogP contribution in [0, 0.1) is 0 Å². The molecular formula is C14H13NS. The van der Waals surface area contributed by atoms with Crippen molar-refractivity contribution in [3.05, 3.63) is 70.8 Å². The summed E-state index contributed by atoms with van der Waals surface area (Å²) in [5, 5.41) is 6.96. The van der Waals surface area contributed by atoms with Crippen molar-refractivity contribution in [2.75, 3.05) is 0 Å². The quantitative estimate of drug-likeness (QED) is 0.699. The maximum Gasteiger partial charge on any atom is 0.0598 e. The number of hydrogen-bond donors (Lipinski definition) is 2. The molecule has 0 spiro atoms. The average Bonchev–Trinajstić information content (AvgIpc) is 2.57. The molecule has 0 aromatic heterocycles. The molecule has 1 atom stereocenters. The van der Waals surface area contributed by atoms with Crippen LogP contribution in [0.2, 0.25) is 0 Å². The Kier molecular flexibility index (Phi) is 2.43. The molecule has 1 aromatic rings. The van der Waals surface area contributed by atoms with E-state index in [1.165, 1.54) is 15.5 Å². The highest BCUT2D eigenvalue weighted by Gasteiger charge is 2.16. The van der Waals surface area contributed by atoms with Gasteiger partial charge in [-0.3, -0.25) is 0 Å². The van der Waals surface area contributed by atoms with Gasteiger partial charge in [-0.2, -0.15) is 10.9 Å². The molecule has 0 amide bonds. The van der Waals surface area contributed by atoms with E-state index in [1.807, 2.05) is 18.4 Å². The molecular weight excluding hydrogens is 214 g/mol. The van der Waals surface area contributed by atoms with Crippen LogP contribution < -0.4 is 5.32 Å². The van der Waals surface area contributed by atoms with E-state index in [0.29, 0.717) is 0 Å². The molecule has 1 nitrogen and oxygen atoms in total. The molecule has 80 valence electrons. The van der Waals surface area contributed by atoms with E-state index in [9.17, 15) is 0 Å². The van der Waals surface area contributed by atoms with Crippen molar-refractivity contribution in [2.24, 2.45) is 0 Å². The van der Waals surface area contributed by atoms with Crippen LogP contribution in [0.25, 0.3) is 6.08 Å². The minimum absolute atomic E-state index is 0.329. The third-order valence-corrected chi connectivity index (χ3v) is 4.83. The number of fused-ring (bicyclic) bond motifs is 1. The molecule has 1 N–H and O–H groups in total. The number of hydrogen-bond acceptors (Lipinski definition) is 1. The third kappa shape index (κ3) is 1.61. The lowest BCUT2D eigenvalue weighted by atomic mass is 10.2. The fraction of sp³-hybridized carbons (Fsp3) is 0. The third-order valence-electron chi connectivity index (χ3n) is 2.66. The summed E-state index contributed by atoms with van der Waals surface area (Å²) >= 11 is 0. The molecule has 1 unspecified atom stereocenters. The van der Waals surface area contributed by atoms with Crippen LogP contribution in [-0.4, -0.2) is 0 Å². The molecule has 2 aliphatic rings. The Morgan fingerprint density at radius 2 is 1.94 bits per heavy atom. The van der Waals surface area contributed by atoms with E-state index in [4.69, 9.17) is 0 Å². The molecule has 0 radical (unpaired) electrons. The molecule has 0 saturated heterocycles. The lowest BCUT2D eigenvalue weighted by Crippen LogP contribution is -2.03. The summed E-state index contributed by atoms with van der Waals surface area (Å²) in [5.74, 6) is 0. The van der Waals surface area contributed by atoms with Gasteiger partial charge in [-0.1, -0.05) is 30.4 Å². The zero-order valence-corrected chi connectivity index (χ0v) is 9.69. The van der Waals surface area contributed by atoms with Crippen molar-refractivity contribution in [2.45, 2.75) is 4.90 Å². The first-order valence-electron chi connectivity index (χ1n) is 5.32. The number of thiol groups is 1. The Morgan fingerprint density at radius 3 is 2.94 bits per heavy atom. The van der Waals surface area contributed by atoms with Crippen LogP contribution in [0.1, 0.15) is 5.56 Å². The maximum absolute atomic E-state index is 3.36. The highest BCUT2D eigenvalue weighted by Crippen LogP contribution is 2.50. The summed E-state index contributed by atoms with van der Waals surface area (Å²) in [4.78, 5) is 1.44. The lowest BCUT2D eigenvalue weighted by Gasteiger charge is -2.18. The SMILES string of the molecule is C1=CC=C([SH]2C=Cc3ccccc32)NC=C1. The van der Waals surface area contributed by atoms with Gasteiger partial charge in [0.1, 0.15) is 0 Å². The Hall–Kier alpha value is -1.67. The van der Waals surface area contributed by atoms with Crippen LogP contribution in [0.3, 0.4) is 0 Å². The van der Waals surface area contributed by atoms with Gasteiger partial charge < -0.3 is 5.32 Å². The minimum atomic E-state index is -0.329. The molecule has 2 heterocycles. The Balaban J connectivity index is 1.99. The lowest BCUT2D eigenvalue weighted by molar-refractivity contribution is 1.17. The van der Waals surface area contributed by atoms with E-state index in [2.05, 4.69) is 53.2 Å². The second kappa shape index (κ2) is 4.06. The van der Waals surface area contributed by atoms with Crippen LogP contribution in [0.5, 0.6) is 0 Å². The molecule has 0 aliphatic carbocycles. The van der Waals surface area contributed by atoms with Gasteiger partial charge in [0, 0.05) is 11.1 Å². The van der Waals surface area contributed by atoms with E-state index >= 15 is 0 Å². The van der Waals surface area contributed by atoms with Gasteiger partial charge in [0.15, 0.2) is 0 Å². The summed E-state index contributed by atoms with van der Waals surface area (Å²) in [6, 6.07) is 8.61. The molecule has 1 aromatic carbocycles. The summed E-state index contributed by atoms with van der Waals surface area (Å²) in [6.45, 7) is 0. The van der Waals surface area contributed by atoms with Crippen molar-refractivity contribution in [3.63, 3.8) is 0 Å². The van der Waals surface area contributed by atoms with Crippen molar-refractivity contribution in [1.29, 1.82) is 0 Å². The average molecular weight is 227 g/mol. The predicted octanol–water partition coefficient (Wildman–Crippen LogP) is 3.55. The molecule has 16 heavy (non-hydrogen) atoms. The summed E-state index contributed by atoms with van der Waals surface area (Å²) < 4.78 is 0. The van der Waals surface area contributed by atoms with Gasteiger partial charge in [0.25, 0.3) is 0 Å². The van der Waals surface area contributed by atoms with Gasteiger partial charge in [0.05, 0.1) is 5.03 Å². The van der Waals surface area contributed by atoms with Crippen LogP contribution in [0.15, 0.2) is 70.1 Å². The zero-order chi connectivity index (χ0) is 10.8. The Bertz CT molecular complexity index is 523. The fourth-order valence-electron chi connectivity index (χ4n) is 1.89. The molecule has 0 saturated carbocycles. The smallest absolute Gasteiger partial charge is 0.0598 e. The number of allylic oxidation sites excluding steroid dienone is 4. The Morgan fingerprint density at radius 1 is 1.00 bits per heavy atom. The standard InChI is InChI=1S/C14H13NS/c1-2-8-14(15-10-5-1)16-11-9-12-6-3-4-7-13(12)16/h1-11,15-16H. The second-order valence-electron chi connectivity index (χ2n) is 3.68. The molecule has 0 bridgehead atoms. The normalized spacial score (nSPS) is 23.5. The highest BCUT2D eigenvalue weighted by molar-refractivity contribution is 8.23. The van der Waals surface area contributed by atoms with Gasteiger partial charge in [-0.25, -0.2) is 0 Å². The highest BCUT2D eigenvalue weighted by atomic mass is 32.2. The van der Waals surface area contributed by atoms with Gasteiger partial charge in [-0.05, 0) is 35.3 Å². The fourth-order valence-corrected chi connectivity index (χ4v) is 3.92. The molecule has 2 aliphatic heterocycles. The number of nitrogens with one attached hydrogen (secondary N) is 1. The van der Waals surface area contributed by atoms with Crippen molar-refractivity contribution in [3.8, 4) is 0 Å². The van der Waals surface area contributed by atoms with Crippen LogP contribution >= 0.6 is 10.9 Å². The predicted molar refractivity (Wildman–Crippen MR) is 72.2 cm³/mol. The molecule has 2 heteroatoms. The number of benzene rings is 1. The summed E-state index contributed by atoms with van der Waals surface area (Å²) in [6.07, 6.45) is 12.5. The maximum atomic E-state index is 3.36. The Labute approximate surface area is 98.2 Å². The zero-order valence-electron chi connectivity index (χ0n) is 8.80. The topological polar surface area (TPSA) is 12.0 Å². The first-order chi connectivity index (χ1) is 7.95. The summed E-state index contributed by atoms with van der Waals surface area (Å²) in [5.41, 5.74) is 1.36. The minimum Gasteiger partial charge on any atom is -0.357 e. The van der Waals surface area contributed by atoms with E-state index < -0.39 is 0 Å². The van der Waals surface area contributed by atoms with Crippen LogP contribution in [-0.2, 0) is 0 Å². The van der Waals surface area contributed by atoms with Crippen molar-refractivity contribution >= 4 is 17.0 Å². The van der Waals surface area contributed by atoms with Crippen molar-refractivity contribution in [1.82, 2.24) is 5.32 Å². The van der Waals surface area contributed by atoms with Gasteiger partial charge in [-0.15, -0.1) is 0 Å². The molecule has 0 fully saturated rings. The van der Waals surface area contributed by atoms with E-state index in [-0.39, 0.29) is 10.9 Å². The second-order valence-corrected chi connectivity index (χ2v) is 5.69. The number of rotatable bonds is 1. The van der Waals surface area contributed by atoms with E-state index in [0.717, 1.165) is 0 Å². The van der Waals surface area contributed by atoms with Crippen molar-refractivity contribution < 1.29 is 0 Å². The van der Waals surface area contributed by atoms with E-state index in [1.54, 1.807) is 0 Å². The van der Waals surface area contributed by atoms with Crippen LogP contribution in [0.4, 0.5) is 0 Å². The first-order valence-corrected chi connectivity index (χ1v) is 6.73. The van der Waals surface area contributed by atoms with Gasteiger partial charge in [0.2, 0.25) is 0 Å². The van der Waals surface area contributed by atoms with Gasteiger partial charge >= 0.3 is 0 Å². The first kappa shape index (κ1) is 9.55. The monoisotopic (exact) mass is 227 g/mol. The largest absolute Gasteiger partial charge is 0.357 e.